The summed E-state index contributed by atoms with van der Waals surface area (Å²) in [6.07, 6.45) is 3.43. The summed E-state index contributed by atoms with van der Waals surface area (Å²) in [6, 6.07) is 13.4. The second-order valence-electron chi connectivity index (χ2n) is 8.42. The number of amides is 1. The molecule has 35 heavy (non-hydrogen) atoms. The number of ether oxygens (including phenoxy) is 3. The average molecular weight is 493 g/mol. The molecule has 1 aliphatic heterocycles. The van der Waals surface area contributed by atoms with Gasteiger partial charge in [0.15, 0.2) is 10.9 Å². The molecule has 1 aromatic heterocycles. The van der Waals surface area contributed by atoms with Gasteiger partial charge in [0.25, 0.3) is 0 Å². The number of carbonyl (C=O) groups is 3. The molecule has 2 aliphatic rings. The minimum Gasteiger partial charge on any atom is -0.485 e. The maximum Gasteiger partial charge on any atom is 0.308 e. The number of carbonyl (C=O) groups excluding carboxylic acids is 3. The lowest BCUT2D eigenvalue weighted by molar-refractivity contribution is -0.132. The number of aromatic nitrogens is 1. The Kier molecular flexibility index (Phi) is 5.68. The van der Waals surface area contributed by atoms with Crippen LogP contribution >= 0.6 is 11.6 Å². The number of fused-ring (bicyclic) bond motifs is 1. The SMILES string of the molecule is CC(=O)Oc1ccc(C2(c3ccc(OC(C)=O)cc3)C(=O)Nc3c2cnc(Cl)c3OC2CC2)cc1. The molecule has 178 valence electrons. The van der Waals surface area contributed by atoms with E-state index in [-0.39, 0.29) is 17.2 Å². The number of nitrogens with one attached hydrogen (secondary N) is 1. The van der Waals surface area contributed by atoms with E-state index in [2.05, 4.69) is 10.3 Å². The van der Waals surface area contributed by atoms with Gasteiger partial charge in [-0.25, -0.2) is 4.98 Å². The van der Waals surface area contributed by atoms with Gasteiger partial charge in [0.2, 0.25) is 5.91 Å². The third-order valence-electron chi connectivity index (χ3n) is 5.88. The van der Waals surface area contributed by atoms with Crippen molar-refractivity contribution in [2.45, 2.75) is 38.2 Å². The Morgan fingerprint density at radius 1 is 0.943 bits per heavy atom. The predicted molar refractivity (Wildman–Crippen MR) is 127 cm³/mol. The van der Waals surface area contributed by atoms with E-state index in [4.69, 9.17) is 25.8 Å². The van der Waals surface area contributed by atoms with Crippen molar-refractivity contribution >= 4 is 35.1 Å². The normalized spacial score (nSPS) is 15.7. The minimum absolute atomic E-state index is 0.0405. The van der Waals surface area contributed by atoms with Crippen LogP contribution in [0.1, 0.15) is 43.4 Å². The van der Waals surface area contributed by atoms with E-state index in [0.29, 0.717) is 39.6 Å². The fraction of sp³-hybridized carbons (Fsp3) is 0.231. The van der Waals surface area contributed by atoms with Gasteiger partial charge < -0.3 is 19.5 Å². The first-order chi connectivity index (χ1) is 16.8. The lowest BCUT2D eigenvalue weighted by Gasteiger charge is -2.29. The van der Waals surface area contributed by atoms with Gasteiger partial charge in [-0.15, -0.1) is 0 Å². The molecule has 1 N–H and O–H groups in total. The summed E-state index contributed by atoms with van der Waals surface area (Å²) in [7, 11) is 0. The van der Waals surface area contributed by atoms with Gasteiger partial charge in [-0.05, 0) is 48.2 Å². The molecule has 0 atom stereocenters. The molecule has 2 heterocycles. The molecule has 0 unspecified atom stereocenters. The van der Waals surface area contributed by atoms with Crippen LogP contribution in [0.25, 0.3) is 0 Å². The van der Waals surface area contributed by atoms with Crippen LogP contribution in [0.5, 0.6) is 17.2 Å². The van der Waals surface area contributed by atoms with Crippen LogP contribution in [-0.4, -0.2) is 28.9 Å². The Morgan fingerprint density at radius 2 is 1.46 bits per heavy atom. The Labute approximate surface area is 206 Å². The van der Waals surface area contributed by atoms with E-state index >= 15 is 0 Å². The Balaban J connectivity index is 1.69. The van der Waals surface area contributed by atoms with Gasteiger partial charge in [-0.3, -0.25) is 14.4 Å². The van der Waals surface area contributed by atoms with Crippen molar-refractivity contribution in [3.63, 3.8) is 0 Å². The molecule has 8 nitrogen and oxygen atoms in total. The Bertz CT molecular complexity index is 1270. The molecule has 1 fully saturated rings. The standard InChI is InChI=1S/C26H21ClN2O6/c1-14(30)33-18-7-3-16(4-8-18)26(17-5-9-19(10-6-17)34-15(2)31)21-13-28-24(27)23(35-20-11-12-20)22(21)29-25(26)32/h3-10,13,20H,11-12H2,1-2H3,(H,29,32). The molecule has 5 rings (SSSR count). The first-order valence-electron chi connectivity index (χ1n) is 11.0. The molecular formula is C26H21ClN2O6. The first kappa shape index (κ1) is 22.9. The highest BCUT2D eigenvalue weighted by atomic mass is 35.5. The van der Waals surface area contributed by atoms with Gasteiger partial charge in [-0.2, -0.15) is 0 Å². The zero-order chi connectivity index (χ0) is 24.7. The maximum atomic E-state index is 13.8. The van der Waals surface area contributed by atoms with E-state index in [1.54, 1.807) is 54.7 Å². The quantitative estimate of drug-likeness (QED) is 0.308. The van der Waals surface area contributed by atoms with Gasteiger partial charge >= 0.3 is 11.9 Å². The van der Waals surface area contributed by atoms with Crippen molar-refractivity contribution in [3.05, 3.63) is 76.6 Å². The topological polar surface area (TPSA) is 104 Å². The fourth-order valence-electron chi connectivity index (χ4n) is 4.29. The second-order valence-corrected chi connectivity index (χ2v) is 8.78. The summed E-state index contributed by atoms with van der Waals surface area (Å²) < 4.78 is 16.3. The number of rotatable bonds is 6. The number of esters is 2. The lowest BCUT2D eigenvalue weighted by atomic mass is 9.70. The van der Waals surface area contributed by atoms with Gasteiger partial charge in [0.1, 0.15) is 16.9 Å². The van der Waals surface area contributed by atoms with Crippen LogP contribution in [-0.2, 0) is 19.8 Å². The van der Waals surface area contributed by atoms with E-state index in [0.717, 1.165) is 12.8 Å². The predicted octanol–water partition coefficient (Wildman–Crippen LogP) is 4.41. The largest absolute Gasteiger partial charge is 0.485 e. The highest BCUT2D eigenvalue weighted by molar-refractivity contribution is 6.32. The third kappa shape index (κ3) is 4.10. The fourth-order valence-corrected chi connectivity index (χ4v) is 4.47. The number of hydrogen-bond acceptors (Lipinski definition) is 7. The molecule has 1 amide bonds. The molecular weight excluding hydrogens is 472 g/mol. The zero-order valence-corrected chi connectivity index (χ0v) is 19.7. The monoisotopic (exact) mass is 492 g/mol. The first-order valence-corrected chi connectivity index (χ1v) is 11.4. The minimum atomic E-state index is -1.31. The van der Waals surface area contributed by atoms with E-state index in [9.17, 15) is 14.4 Å². The highest BCUT2D eigenvalue weighted by Crippen LogP contribution is 2.52. The number of anilines is 1. The maximum absolute atomic E-state index is 13.8. The molecule has 0 bridgehead atoms. The van der Waals surface area contributed by atoms with Crippen molar-refractivity contribution in [1.29, 1.82) is 0 Å². The highest BCUT2D eigenvalue weighted by Gasteiger charge is 2.52. The third-order valence-corrected chi connectivity index (χ3v) is 6.15. The van der Waals surface area contributed by atoms with Gasteiger partial charge in [-0.1, -0.05) is 35.9 Å². The summed E-state index contributed by atoms with van der Waals surface area (Å²) in [5, 5.41) is 3.13. The summed E-state index contributed by atoms with van der Waals surface area (Å²) in [5.41, 5.74) is 0.966. The molecule has 3 aromatic rings. The molecule has 0 saturated heterocycles. The number of pyridine rings is 1. The molecule has 0 radical (unpaired) electrons. The summed E-state index contributed by atoms with van der Waals surface area (Å²) in [6.45, 7) is 2.63. The van der Waals surface area contributed by atoms with Gasteiger partial charge in [0, 0.05) is 25.6 Å². The molecule has 2 aromatic carbocycles. The lowest BCUT2D eigenvalue weighted by Crippen LogP contribution is -2.37. The smallest absolute Gasteiger partial charge is 0.308 e. The van der Waals surface area contributed by atoms with Crippen molar-refractivity contribution in [1.82, 2.24) is 4.98 Å². The number of nitrogens with zero attached hydrogens (tertiary/aromatic N) is 1. The molecule has 1 saturated carbocycles. The zero-order valence-electron chi connectivity index (χ0n) is 19.0. The number of halogens is 1. The number of benzene rings is 2. The second kappa shape index (κ2) is 8.70. The van der Waals surface area contributed by atoms with Gasteiger partial charge in [0.05, 0.1) is 11.8 Å². The summed E-state index contributed by atoms with van der Waals surface area (Å²) in [4.78, 5) is 40.9. The van der Waals surface area contributed by atoms with Crippen molar-refractivity contribution in [2.75, 3.05) is 5.32 Å². The molecule has 1 aliphatic carbocycles. The van der Waals surface area contributed by atoms with Crippen LogP contribution in [0, 0.1) is 0 Å². The number of hydrogen-bond donors (Lipinski definition) is 1. The van der Waals surface area contributed by atoms with E-state index in [1.807, 2.05) is 0 Å². The van der Waals surface area contributed by atoms with E-state index < -0.39 is 17.4 Å². The molecule has 9 heteroatoms. The van der Waals surface area contributed by atoms with Crippen LogP contribution in [0.2, 0.25) is 5.15 Å². The molecule has 0 spiro atoms. The van der Waals surface area contributed by atoms with Crippen molar-refractivity contribution in [2.24, 2.45) is 0 Å². The van der Waals surface area contributed by atoms with Crippen LogP contribution < -0.4 is 19.5 Å². The Morgan fingerprint density at radius 3 is 1.91 bits per heavy atom. The average Bonchev–Trinajstić information content (AvgIpc) is 3.58. The summed E-state index contributed by atoms with van der Waals surface area (Å²) in [5.74, 6) is -0.163. The van der Waals surface area contributed by atoms with Crippen molar-refractivity contribution in [3.8, 4) is 17.2 Å². The van der Waals surface area contributed by atoms with Crippen LogP contribution in [0.3, 0.4) is 0 Å². The van der Waals surface area contributed by atoms with E-state index in [1.165, 1.54) is 13.8 Å². The van der Waals surface area contributed by atoms with Crippen molar-refractivity contribution < 1.29 is 28.6 Å². The summed E-state index contributed by atoms with van der Waals surface area (Å²) >= 11 is 6.37. The Hall–Kier alpha value is -3.91. The van der Waals surface area contributed by atoms with Crippen LogP contribution in [0.4, 0.5) is 5.69 Å². The van der Waals surface area contributed by atoms with Crippen LogP contribution in [0.15, 0.2) is 54.7 Å².